The molecule has 0 saturated carbocycles. The maximum atomic E-state index is 8.84. The minimum Gasteiger partial charge on any atom is -0.505 e. The number of halogens is 1. The first kappa shape index (κ1) is 6.84. The van der Waals surface area contributed by atoms with Crippen molar-refractivity contribution in [3.63, 3.8) is 0 Å². The standard InChI is InChI=1S/C6H3ClN2O/c7-5-1-4(2-8)9-3-6(5)10/h1,3,10H. The molecule has 3 nitrogen and oxygen atoms in total. The van der Waals surface area contributed by atoms with Gasteiger partial charge in [0.05, 0.1) is 11.2 Å². The van der Waals surface area contributed by atoms with Gasteiger partial charge in [0.25, 0.3) is 0 Å². The van der Waals surface area contributed by atoms with Crippen LogP contribution in [0.1, 0.15) is 5.69 Å². The van der Waals surface area contributed by atoms with E-state index in [1.54, 1.807) is 6.07 Å². The molecule has 0 atom stereocenters. The SMILES string of the molecule is N#Cc1cc(Cl)c(O)cn1. The Hall–Kier alpha value is -1.27. The summed E-state index contributed by atoms with van der Waals surface area (Å²) in [7, 11) is 0. The molecule has 0 radical (unpaired) electrons. The molecule has 0 bridgehead atoms. The van der Waals surface area contributed by atoms with Crippen LogP contribution < -0.4 is 0 Å². The molecule has 0 unspecified atom stereocenters. The van der Waals surface area contributed by atoms with Gasteiger partial charge in [0.2, 0.25) is 0 Å². The summed E-state index contributed by atoms with van der Waals surface area (Å²) in [6.07, 6.45) is 1.14. The maximum Gasteiger partial charge on any atom is 0.152 e. The molecule has 0 amide bonds. The van der Waals surface area contributed by atoms with Crippen LogP contribution in [0.25, 0.3) is 0 Å². The predicted octanol–water partition coefficient (Wildman–Crippen LogP) is 1.31. The van der Waals surface area contributed by atoms with E-state index in [4.69, 9.17) is 22.0 Å². The molecule has 0 aromatic carbocycles. The van der Waals surface area contributed by atoms with Crippen molar-refractivity contribution in [2.45, 2.75) is 0 Å². The average molecular weight is 155 g/mol. The second kappa shape index (κ2) is 2.54. The predicted molar refractivity (Wildman–Crippen MR) is 35.6 cm³/mol. The monoisotopic (exact) mass is 154 g/mol. The molecule has 4 heteroatoms. The van der Waals surface area contributed by atoms with E-state index in [1.165, 1.54) is 6.07 Å². The molecule has 0 aliphatic carbocycles. The average Bonchev–Trinajstić information content (AvgIpc) is 1.95. The van der Waals surface area contributed by atoms with Gasteiger partial charge in [-0.05, 0) is 6.07 Å². The number of aromatic nitrogens is 1. The molecule has 0 aliphatic heterocycles. The van der Waals surface area contributed by atoms with Gasteiger partial charge < -0.3 is 5.11 Å². The summed E-state index contributed by atoms with van der Waals surface area (Å²) in [5.74, 6) is -0.110. The van der Waals surface area contributed by atoms with E-state index in [9.17, 15) is 0 Å². The van der Waals surface area contributed by atoms with E-state index in [-0.39, 0.29) is 16.5 Å². The van der Waals surface area contributed by atoms with E-state index in [0.717, 1.165) is 6.20 Å². The van der Waals surface area contributed by atoms with Crippen molar-refractivity contribution in [3.05, 3.63) is 23.0 Å². The molecular weight excluding hydrogens is 152 g/mol. The Balaban J connectivity index is 3.20. The highest BCUT2D eigenvalue weighted by Crippen LogP contribution is 2.20. The minimum atomic E-state index is -0.110. The normalized spacial score (nSPS) is 8.80. The lowest BCUT2D eigenvalue weighted by atomic mass is 10.4. The van der Waals surface area contributed by atoms with Gasteiger partial charge in [-0.15, -0.1) is 0 Å². The zero-order valence-corrected chi connectivity index (χ0v) is 5.63. The first-order valence-electron chi connectivity index (χ1n) is 2.48. The number of nitriles is 1. The second-order valence-electron chi connectivity index (χ2n) is 1.63. The second-order valence-corrected chi connectivity index (χ2v) is 2.04. The third-order valence-corrected chi connectivity index (χ3v) is 1.25. The molecule has 0 spiro atoms. The first-order valence-corrected chi connectivity index (χ1v) is 2.86. The summed E-state index contributed by atoms with van der Waals surface area (Å²) in [6, 6.07) is 3.09. The Morgan fingerprint density at radius 2 is 2.40 bits per heavy atom. The highest BCUT2D eigenvalue weighted by Gasteiger charge is 1.98. The minimum absolute atomic E-state index is 0.110. The van der Waals surface area contributed by atoms with Gasteiger partial charge in [0.1, 0.15) is 11.8 Å². The van der Waals surface area contributed by atoms with Gasteiger partial charge in [0.15, 0.2) is 5.75 Å². The van der Waals surface area contributed by atoms with E-state index in [1.807, 2.05) is 0 Å². The Morgan fingerprint density at radius 3 is 2.90 bits per heavy atom. The molecule has 0 aliphatic rings. The number of hydrogen-bond acceptors (Lipinski definition) is 3. The summed E-state index contributed by atoms with van der Waals surface area (Å²) < 4.78 is 0. The van der Waals surface area contributed by atoms with Crippen LogP contribution in [0.15, 0.2) is 12.3 Å². The summed E-state index contributed by atoms with van der Waals surface area (Å²) in [6.45, 7) is 0. The molecule has 1 N–H and O–H groups in total. The zero-order chi connectivity index (χ0) is 7.56. The number of hydrogen-bond donors (Lipinski definition) is 1. The molecule has 1 aromatic heterocycles. The lowest BCUT2D eigenvalue weighted by Gasteiger charge is -1.92. The van der Waals surface area contributed by atoms with Crippen molar-refractivity contribution in [1.29, 1.82) is 5.26 Å². The fourth-order valence-corrected chi connectivity index (χ4v) is 0.637. The van der Waals surface area contributed by atoms with Crippen molar-refractivity contribution in [2.24, 2.45) is 0 Å². The molecule has 10 heavy (non-hydrogen) atoms. The number of pyridine rings is 1. The Bertz CT molecular complexity index is 292. The van der Waals surface area contributed by atoms with Crippen LogP contribution in [-0.2, 0) is 0 Å². The Kier molecular flexibility index (Phi) is 1.74. The van der Waals surface area contributed by atoms with Crippen molar-refractivity contribution in [2.75, 3.05) is 0 Å². The van der Waals surface area contributed by atoms with Crippen molar-refractivity contribution < 1.29 is 5.11 Å². The van der Waals surface area contributed by atoms with E-state index in [0.29, 0.717) is 0 Å². The van der Waals surface area contributed by atoms with Crippen LogP contribution in [0.5, 0.6) is 5.75 Å². The van der Waals surface area contributed by atoms with Gasteiger partial charge in [-0.2, -0.15) is 5.26 Å². The van der Waals surface area contributed by atoms with Crippen LogP contribution in [0.3, 0.4) is 0 Å². The molecular formula is C6H3ClN2O. The van der Waals surface area contributed by atoms with E-state index in [2.05, 4.69) is 4.98 Å². The smallest absolute Gasteiger partial charge is 0.152 e. The molecule has 1 rings (SSSR count). The van der Waals surface area contributed by atoms with Crippen molar-refractivity contribution in [3.8, 4) is 11.8 Å². The van der Waals surface area contributed by atoms with E-state index >= 15 is 0 Å². The summed E-state index contributed by atoms with van der Waals surface area (Å²) in [5.41, 5.74) is 0.197. The number of aromatic hydroxyl groups is 1. The van der Waals surface area contributed by atoms with Gasteiger partial charge in [-0.1, -0.05) is 11.6 Å². The van der Waals surface area contributed by atoms with Crippen LogP contribution in [-0.4, -0.2) is 10.1 Å². The summed E-state index contributed by atoms with van der Waals surface area (Å²) in [5, 5.41) is 17.3. The lowest BCUT2D eigenvalue weighted by Crippen LogP contribution is -1.80. The maximum absolute atomic E-state index is 8.84. The van der Waals surface area contributed by atoms with Crippen LogP contribution in [0.4, 0.5) is 0 Å². The summed E-state index contributed by atoms with van der Waals surface area (Å²) >= 11 is 5.45. The largest absolute Gasteiger partial charge is 0.505 e. The van der Waals surface area contributed by atoms with Gasteiger partial charge >= 0.3 is 0 Å². The van der Waals surface area contributed by atoms with Crippen molar-refractivity contribution in [1.82, 2.24) is 4.98 Å². The lowest BCUT2D eigenvalue weighted by molar-refractivity contribution is 0.473. The highest BCUT2D eigenvalue weighted by atomic mass is 35.5. The Morgan fingerprint density at radius 1 is 1.70 bits per heavy atom. The van der Waals surface area contributed by atoms with Gasteiger partial charge in [0, 0.05) is 0 Å². The molecule has 0 fully saturated rings. The number of nitrogens with zero attached hydrogens (tertiary/aromatic N) is 2. The zero-order valence-electron chi connectivity index (χ0n) is 4.87. The highest BCUT2D eigenvalue weighted by molar-refractivity contribution is 6.32. The topological polar surface area (TPSA) is 56.9 Å². The summed E-state index contributed by atoms with van der Waals surface area (Å²) in [4.78, 5) is 3.56. The molecule has 1 heterocycles. The molecule has 0 saturated heterocycles. The van der Waals surface area contributed by atoms with Gasteiger partial charge in [-0.3, -0.25) is 0 Å². The first-order chi connectivity index (χ1) is 4.74. The van der Waals surface area contributed by atoms with E-state index < -0.39 is 0 Å². The molecule has 1 aromatic rings. The van der Waals surface area contributed by atoms with Crippen LogP contribution >= 0.6 is 11.6 Å². The fourth-order valence-electron chi connectivity index (χ4n) is 0.485. The third-order valence-electron chi connectivity index (χ3n) is 0.949. The fraction of sp³-hybridized carbons (Fsp3) is 0. The molecule has 50 valence electrons. The van der Waals surface area contributed by atoms with Crippen LogP contribution in [0.2, 0.25) is 5.02 Å². The quantitative estimate of drug-likeness (QED) is 0.613. The van der Waals surface area contributed by atoms with Gasteiger partial charge in [-0.25, -0.2) is 4.98 Å². The third kappa shape index (κ3) is 1.17. The van der Waals surface area contributed by atoms with Crippen LogP contribution in [0, 0.1) is 11.3 Å². The number of rotatable bonds is 0. The Labute approximate surface area is 62.5 Å². The van der Waals surface area contributed by atoms with Crippen molar-refractivity contribution >= 4 is 11.6 Å².